The number of benzene rings is 1. The first kappa shape index (κ1) is 12.4. The van der Waals surface area contributed by atoms with Crippen molar-refractivity contribution in [3.63, 3.8) is 0 Å². The molecule has 0 bridgehead atoms. The molecule has 0 amide bonds. The lowest BCUT2D eigenvalue weighted by molar-refractivity contribution is -0.138. The van der Waals surface area contributed by atoms with E-state index in [0.717, 1.165) is 31.0 Å². The Bertz CT molecular complexity index is 394. The van der Waals surface area contributed by atoms with Crippen LogP contribution in [0.2, 0.25) is 0 Å². The van der Waals surface area contributed by atoms with E-state index in [0.29, 0.717) is 13.0 Å². The molecule has 0 aromatic heterocycles. The summed E-state index contributed by atoms with van der Waals surface area (Å²) in [6, 6.07) is 2.60. The Hall–Kier alpha value is -1.10. The SMILES string of the molecule is Fc1cccc(C(F)(F)F)c1[C@H]1CCCCN1. The van der Waals surface area contributed by atoms with E-state index in [1.54, 1.807) is 0 Å². The molecule has 1 aromatic rings. The molecule has 2 rings (SSSR count). The van der Waals surface area contributed by atoms with E-state index in [-0.39, 0.29) is 5.56 Å². The monoisotopic (exact) mass is 247 g/mol. The summed E-state index contributed by atoms with van der Waals surface area (Å²) in [5.74, 6) is -0.778. The first-order valence-electron chi connectivity index (χ1n) is 5.59. The second kappa shape index (κ2) is 4.64. The zero-order chi connectivity index (χ0) is 12.5. The van der Waals surface area contributed by atoms with Gasteiger partial charge >= 0.3 is 6.18 Å². The van der Waals surface area contributed by atoms with Crippen molar-refractivity contribution >= 4 is 0 Å². The molecule has 1 aromatic carbocycles. The van der Waals surface area contributed by atoms with Gasteiger partial charge in [0, 0.05) is 11.6 Å². The topological polar surface area (TPSA) is 12.0 Å². The Morgan fingerprint density at radius 2 is 1.94 bits per heavy atom. The van der Waals surface area contributed by atoms with Gasteiger partial charge < -0.3 is 5.32 Å². The van der Waals surface area contributed by atoms with Gasteiger partial charge in [0.05, 0.1) is 5.56 Å². The van der Waals surface area contributed by atoms with Gasteiger partial charge in [-0.3, -0.25) is 0 Å². The van der Waals surface area contributed by atoms with Crippen molar-refractivity contribution in [2.24, 2.45) is 0 Å². The van der Waals surface area contributed by atoms with Crippen LogP contribution in [0.1, 0.15) is 36.4 Å². The molecule has 1 heterocycles. The van der Waals surface area contributed by atoms with Crippen molar-refractivity contribution in [2.75, 3.05) is 6.54 Å². The molecule has 0 spiro atoms. The third-order valence-electron chi connectivity index (χ3n) is 3.02. The lowest BCUT2D eigenvalue weighted by Crippen LogP contribution is -2.29. The summed E-state index contributed by atoms with van der Waals surface area (Å²) >= 11 is 0. The fourth-order valence-electron chi connectivity index (χ4n) is 2.24. The van der Waals surface area contributed by atoms with Crippen molar-refractivity contribution in [2.45, 2.75) is 31.5 Å². The van der Waals surface area contributed by atoms with Crippen molar-refractivity contribution in [3.05, 3.63) is 35.1 Å². The quantitative estimate of drug-likeness (QED) is 0.747. The largest absolute Gasteiger partial charge is 0.416 e. The van der Waals surface area contributed by atoms with Gasteiger partial charge in [0.15, 0.2) is 0 Å². The van der Waals surface area contributed by atoms with Crippen LogP contribution < -0.4 is 5.32 Å². The molecule has 1 nitrogen and oxygen atoms in total. The number of hydrogen-bond donors (Lipinski definition) is 1. The summed E-state index contributed by atoms with van der Waals surface area (Å²) in [6.45, 7) is 0.635. The first-order chi connectivity index (χ1) is 8.00. The number of nitrogens with one attached hydrogen (secondary N) is 1. The molecule has 5 heteroatoms. The minimum absolute atomic E-state index is 0.236. The van der Waals surface area contributed by atoms with Crippen LogP contribution in [0.4, 0.5) is 17.6 Å². The van der Waals surface area contributed by atoms with E-state index < -0.39 is 23.6 Å². The standard InChI is InChI=1S/C12H13F4N/c13-9-5-3-4-8(12(14,15)16)11(9)10-6-1-2-7-17-10/h3-5,10,17H,1-2,6-7H2/t10-/m1/s1. The fraction of sp³-hybridized carbons (Fsp3) is 0.500. The minimum atomic E-state index is -4.50. The summed E-state index contributed by atoms with van der Waals surface area (Å²) in [6.07, 6.45) is -2.21. The number of alkyl halides is 3. The molecule has 1 aliphatic rings. The molecule has 1 fully saturated rings. The predicted octanol–water partition coefficient (Wildman–Crippen LogP) is 3.66. The van der Waals surface area contributed by atoms with Gasteiger partial charge in [-0.25, -0.2) is 4.39 Å². The van der Waals surface area contributed by atoms with Crippen LogP contribution in [-0.2, 0) is 6.18 Å². The second-order valence-electron chi connectivity index (χ2n) is 4.20. The van der Waals surface area contributed by atoms with Crippen LogP contribution in [-0.4, -0.2) is 6.54 Å². The smallest absolute Gasteiger partial charge is 0.310 e. The normalized spacial score (nSPS) is 21.5. The summed E-state index contributed by atoms with van der Waals surface area (Å²) in [5, 5.41) is 2.95. The molecule has 1 aliphatic heterocycles. The van der Waals surface area contributed by atoms with Crippen molar-refractivity contribution in [3.8, 4) is 0 Å². The van der Waals surface area contributed by atoms with E-state index in [1.807, 2.05) is 0 Å². The molecule has 1 saturated heterocycles. The Labute approximate surface area is 96.8 Å². The molecular formula is C12H13F4N. The van der Waals surface area contributed by atoms with Crippen LogP contribution in [0.15, 0.2) is 18.2 Å². The van der Waals surface area contributed by atoms with Crippen LogP contribution in [0, 0.1) is 5.82 Å². The number of rotatable bonds is 1. The maximum Gasteiger partial charge on any atom is 0.416 e. The summed E-state index contributed by atoms with van der Waals surface area (Å²) < 4.78 is 52.0. The van der Waals surface area contributed by atoms with Gasteiger partial charge in [0.2, 0.25) is 0 Å². The maximum absolute atomic E-state index is 13.6. The molecule has 0 saturated carbocycles. The van der Waals surface area contributed by atoms with Crippen LogP contribution in [0.3, 0.4) is 0 Å². The maximum atomic E-state index is 13.6. The van der Waals surface area contributed by atoms with E-state index in [1.165, 1.54) is 0 Å². The van der Waals surface area contributed by atoms with Gasteiger partial charge in [-0.15, -0.1) is 0 Å². The van der Waals surface area contributed by atoms with Crippen molar-refractivity contribution < 1.29 is 17.6 Å². The van der Waals surface area contributed by atoms with Gasteiger partial charge in [-0.05, 0) is 31.5 Å². The fourth-order valence-corrected chi connectivity index (χ4v) is 2.24. The molecule has 1 atom stereocenters. The van der Waals surface area contributed by atoms with Crippen LogP contribution in [0.25, 0.3) is 0 Å². The van der Waals surface area contributed by atoms with E-state index in [4.69, 9.17) is 0 Å². The van der Waals surface area contributed by atoms with E-state index in [9.17, 15) is 17.6 Å². The highest BCUT2D eigenvalue weighted by Crippen LogP contribution is 2.37. The molecule has 0 radical (unpaired) electrons. The molecular weight excluding hydrogens is 234 g/mol. The zero-order valence-electron chi connectivity index (χ0n) is 9.15. The molecule has 0 aliphatic carbocycles. The Kier molecular flexibility index (Phi) is 3.38. The molecule has 0 unspecified atom stereocenters. The molecule has 1 N–H and O–H groups in total. The highest BCUT2D eigenvalue weighted by atomic mass is 19.4. The van der Waals surface area contributed by atoms with E-state index >= 15 is 0 Å². The van der Waals surface area contributed by atoms with Crippen LogP contribution in [0.5, 0.6) is 0 Å². The molecule has 94 valence electrons. The summed E-state index contributed by atoms with van der Waals surface area (Å²) in [4.78, 5) is 0. The van der Waals surface area contributed by atoms with Gasteiger partial charge in [-0.2, -0.15) is 13.2 Å². The molecule has 17 heavy (non-hydrogen) atoms. The Morgan fingerprint density at radius 3 is 2.53 bits per heavy atom. The first-order valence-corrected chi connectivity index (χ1v) is 5.59. The third-order valence-corrected chi connectivity index (χ3v) is 3.02. The predicted molar refractivity (Wildman–Crippen MR) is 56.0 cm³/mol. The van der Waals surface area contributed by atoms with Crippen molar-refractivity contribution in [1.82, 2.24) is 5.32 Å². The number of piperidine rings is 1. The number of hydrogen-bond acceptors (Lipinski definition) is 1. The highest BCUT2D eigenvalue weighted by Gasteiger charge is 2.36. The van der Waals surface area contributed by atoms with Gasteiger partial charge in [-0.1, -0.05) is 12.5 Å². The van der Waals surface area contributed by atoms with Gasteiger partial charge in [0.25, 0.3) is 0 Å². The summed E-state index contributed by atoms with van der Waals surface area (Å²) in [7, 11) is 0. The average Bonchev–Trinajstić information content (AvgIpc) is 2.28. The lowest BCUT2D eigenvalue weighted by atomic mass is 9.93. The van der Waals surface area contributed by atoms with E-state index in [2.05, 4.69) is 5.32 Å². The Morgan fingerprint density at radius 1 is 1.18 bits per heavy atom. The zero-order valence-corrected chi connectivity index (χ0v) is 9.15. The third kappa shape index (κ3) is 2.60. The van der Waals surface area contributed by atoms with Crippen molar-refractivity contribution in [1.29, 1.82) is 0 Å². The average molecular weight is 247 g/mol. The summed E-state index contributed by atoms with van der Waals surface area (Å²) in [5.41, 5.74) is -1.10. The highest BCUT2D eigenvalue weighted by molar-refractivity contribution is 5.34. The Balaban J connectivity index is 2.43. The minimum Gasteiger partial charge on any atom is -0.310 e. The van der Waals surface area contributed by atoms with Gasteiger partial charge in [0.1, 0.15) is 5.82 Å². The number of halogens is 4. The van der Waals surface area contributed by atoms with Crippen LogP contribution >= 0.6 is 0 Å². The second-order valence-corrected chi connectivity index (χ2v) is 4.20. The lowest BCUT2D eigenvalue weighted by Gasteiger charge is -2.26.